The lowest BCUT2D eigenvalue weighted by molar-refractivity contribution is -0.144. The molecule has 31 heavy (non-hydrogen) atoms. The van der Waals surface area contributed by atoms with Gasteiger partial charge in [-0.15, -0.1) is 0 Å². The lowest BCUT2D eigenvalue weighted by atomic mass is 10.1. The van der Waals surface area contributed by atoms with Crippen LogP contribution < -0.4 is 10.1 Å². The highest BCUT2D eigenvalue weighted by atomic mass is 16.5. The van der Waals surface area contributed by atoms with Gasteiger partial charge in [-0.2, -0.15) is 0 Å². The van der Waals surface area contributed by atoms with Crippen LogP contribution in [-0.4, -0.2) is 19.0 Å². The summed E-state index contributed by atoms with van der Waals surface area (Å²) in [6.45, 7) is 0.128. The zero-order chi connectivity index (χ0) is 21.6. The Balaban J connectivity index is 1.32. The highest BCUT2D eigenvalue weighted by Crippen LogP contribution is 2.26. The highest BCUT2D eigenvalue weighted by molar-refractivity contribution is 6.04. The third-order valence-electron chi connectivity index (χ3n) is 4.85. The van der Waals surface area contributed by atoms with Crippen molar-refractivity contribution in [1.82, 2.24) is 0 Å². The van der Waals surface area contributed by atoms with E-state index in [2.05, 4.69) is 5.32 Å². The molecule has 0 saturated carbocycles. The molecule has 6 nitrogen and oxygen atoms in total. The van der Waals surface area contributed by atoms with Crippen molar-refractivity contribution in [3.8, 4) is 5.75 Å². The molecule has 156 valence electrons. The van der Waals surface area contributed by atoms with Crippen LogP contribution in [0.15, 0.2) is 83.5 Å². The van der Waals surface area contributed by atoms with Crippen molar-refractivity contribution in [2.75, 3.05) is 12.4 Å². The van der Waals surface area contributed by atoms with Gasteiger partial charge in [-0.25, -0.2) is 0 Å². The molecule has 0 radical (unpaired) electrons. The SMILES string of the molecule is COc1ccc2c(CC(=O)OCc3ccc(C(=O)Nc4ccccc4)cc3)coc2c1. The molecule has 0 atom stereocenters. The van der Waals surface area contributed by atoms with E-state index in [0.717, 1.165) is 22.2 Å². The van der Waals surface area contributed by atoms with Gasteiger partial charge in [0.15, 0.2) is 0 Å². The Morgan fingerprint density at radius 3 is 2.48 bits per heavy atom. The number of ether oxygens (including phenoxy) is 2. The molecule has 4 aromatic rings. The predicted octanol–water partition coefficient (Wildman–Crippen LogP) is 4.98. The topological polar surface area (TPSA) is 77.8 Å². The Kier molecular flexibility index (Phi) is 5.98. The van der Waals surface area contributed by atoms with Crippen LogP contribution >= 0.6 is 0 Å². The molecule has 3 aromatic carbocycles. The quantitative estimate of drug-likeness (QED) is 0.431. The summed E-state index contributed by atoms with van der Waals surface area (Å²) in [6.07, 6.45) is 1.67. The Morgan fingerprint density at radius 2 is 1.74 bits per heavy atom. The van der Waals surface area contributed by atoms with E-state index in [1.165, 1.54) is 0 Å². The number of benzene rings is 3. The first-order valence-electron chi connectivity index (χ1n) is 9.77. The second-order valence-corrected chi connectivity index (χ2v) is 6.98. The number of methoxy groups -OCH3 is 1. The number of amides is 1. The molecule has 0 saturated heterocycles. The molecule has 0 bridgehead atoms. The number of hydrogen-bond acceptors (Lipinski definition) is 5. The molecule has 0 aliphatic carbocycles. The largest absolute Gasteiger partial charge is 0.497 e. The van der Waals surface area contributed by atoms with Crippen LogP contribution in [0.4, 0.5) is 5.69 Å². The van der Waals surface area contributed by atoms with Crippen molar-refractivity contribution in [3.63, 3.8) is 0 Å². The lowest BCUT2D eigenvalue weighted by Crippen LogP contribution is -2.12. The summed E-state index contributed by atoms with van der Waals surface area (Å²) < 4.78 is 16.1. The van der Waals surface area contributed by atoms with Crippen LogP contribution in [0.2, 0.25) is 0 Å². The molecule has 1 aromatic heterocycles. The van der Waals surface area contributed by atoms with Gasteiger partial charge in [0.05, 0.1) is 19.8 Å². The molecule has 1 N–H and O–H groups in total. The molecule has 0 aliphatic heterocycles. The van der Waals surface area contributed by atoms with Crippen LogP contribution in [0.5, 0.6) is 5.75 Å². The lowest BCUT2D eigenvalue weighted by Gasteiger charge is -2.07. The zero-order valence-electron chi connectivity index (χ0n) is 17.0. The fourth-order valence-corrected chi connectivity index (χ4v) is 3.17. The highest BCUT2D eigenvalue weighted by Gasteiger charge is 2.13. The summed E-state index contributed by atoms with van der Waals surface area (Å²) in [5.41, 5.74) is 3.48. The smallest absolute Gasteiger partial charge is 0.310 e. The average molecular weight is 415 g/mol. The number of rotatable bonds is 7. The van der Waals surface area contributed by atoms with Crippen molar-refractivity contribution < 1.29 is 23.5 Å². The van der Waals surface area contributed by atoms with Crippen molar-refractivity contribution in [3.05, 3.63) is 95.7 Å². The van der Waals surface area contributed by atoms with Gasteiger partial charge in [-0.05, 0) is 42.0 Å². The standard InChI is InChI=1S/C25H21NO5/c1-29-21-11-12-22-19(16-30-23(22)14-21)13-24(27)31-15-17-7-9-18(10-8-17)25(28)26-20-5-3-2-4-6-20/h2-12,14,16H,13,15H2,1H3,(H,26,28). The molecule has 4 rings (SSSR count). The first-order chi connectivity index (χ1) is 15.1. The number of nitrogens with one attached hydrogen (secondary N) is 1. The van der Waals surface area contributed by atoms with Crippen molar-refractivity contribution >= 4 is 28.5 Å². The summed E-state index contributed by atoms with van der Waals surface area (Å²) in [4.78, 5) is 24.6. The van der Waals surface area contributed by atoms with E-state index in [9.17, 15) is 9.59 Å². The summed E-state index contributed by atoms with van der Waals surface area (Å²) in [5.74, 6) is 0.138. The minimum Gasteiger partial charge on any atom is -0.497 e. The van der Waals surface area contributed by atoms with Crippen LogP contribution in [0.3, 0.4) is 0 Å². The molecule has 0 unspecified atom stereocenters. The van der Waals surface area contributed by atoms with Gasteiger partial charge in [0.2, 0.25) is 0 Å². The van der Waals surface area contributed by atoms with Gasteiger partial charge >= 0.3 is 5.97 Å². The first kappa shape index (κ1) is 20.2. The molecule has 0 aliphatic rings. The number of furan rings is 1. The van der Waals surface area contributed by atoms with Crippen molar-refractivity contribution in [1.29, 1.82) is 0 Å². The summed E-state index contributed by atoms with van der Waals surface area (Å²) in [7, 11) is 1.59. The van der Waals surface area contributed by atoms with E-state index in [-0.39, 0.29) is 24.9 Å². The van der Waals surface area contributed by atoms with Crippen molar-refractivity contribution in [2.24, 2.45) is 0 Å². The second-order valence-electron chi connectivity index (χ2n) is 6.98. The number of carbonyl (C=O) groups excluding carboxylic acids is 2. The third-order valence-corrected chi connectivity index (χ3v) is 4.85. The molecule has 0 spiro atoms. The number of hydrogen-bond donors (Lipinski definition) is 1. The Hall–Kier alpha value is -4.06. The maximum absolute atomic E-state index is 12.3. The average Bonchev–Trinajstić information content (AvgIpc) is 3.20. The fraction of sp³-hybridized carbons (Fsp3) is 0.120. The zero-order valence-corrected chi connectivity index (χ0v) is 17.0. The summed E-state index contributed by atoms with van der Waals surface area (Å²) >= 11 is 0. The number of para-hydroxylation sites is 1. The van der Waals surface area contributed by atoms with E-state index in [4.69, 9.17) is 13.9 Å². The number of anilines is 1. The van der Waals surface area contributed by atoms with Gasteiger partial charge in [0, 0.05) is 28.3 Å². The van der Waals surface area contributed by atoms with E-state index >= 15 is 0 Å². The summed E-state index contributed by atoms with van der Waals surface area (Å²) in [6, 6.07) is 21.7. The van der Waals surface area contributed by atoms with E-state index in [1.807, 2.05) is 42.5 Å². The monoisotopic (exact) mass is 415 g/mol. The number of fused-ring (bicyclic) bond motifs is 1. The maximum Gasteiger partial charge on any atom is 0.310 e. The summed E-state index contributed by atoms with van der Waals surface area (Å²) in [5, 5.41) is 3.69. The van der Waals surface area contributed by atoms with Gasteiger partial charge in [-0.1, -0.05) is 30.3 Å². The maximum atomic E-state index is 12.3. The molecule has 0 fully saturated rings. The first-order valence-corrected chi connectivity index (χ1v) is 9.77. The van der Waals surface area contributed by atoms with Crippen LogP contribution in [0, 0.1) is 0 Å². The molecular weight excluding hydrogens is 394 g/mol. The predicted molar refractivity (Wildman–Crippen MR) is 117 cm³/mol. The van der Waals surface area contributed by atoms with Gasteiger partial charge in [0.1, 0.15) is 17.9 Å². The van der Waals surface area contributed by atoms with Crippen LogP contribution in [0.25, 0.3) is 11.0 Å². The number of carbonyl (C=O) groups is 2. The minimum absolute atomic E-state index is 0.108. The fourth-order valence-electron chi connectivity index (χ4n) is 3.17. The number of esters is 1. The van der Waals surface area contributed by atoms with Crippen molar-refractivity contribution in [2.45, 2.75) is 13.0 Å². The van der Waals surface area contributed by atoms with E-state index in [1.54, 1.807) is 43.7 Å². The van der Waals surface area contributed by atoms with Gasteiger partial charge in [-0.3, -0.25) is 9.59 Å². The molecule has 1 heterocycles. The van der Waals surface area contributed by atoms with Crippen LogP contribution in [-0.2, 0) is 22.6 Å². The van der Waals surface area contributed by atoms with E-state index in [0.29, 0.717) is 16.9 Å². The Bertz CT molecular complexity index is 1200. The third kappa shape index (κ3) is 4.93. The molecule has 1 amide bonds. The van der Waals surface area contributed by atoms with Gasteiger partial charge in [0.25, 0.3) is 5.91 Å². The Labute approximate surface area is 179 Å². The van der Waals surface area contributed by atoms with E-state index < -0.39 is 0 Å². The minimum atomic E-state index is -0.357. The van der Waals surface area contributed by atoms with Gasteiger partial charge < -0.3 is 19.2 Å². The normalized spacial score (nSPS) is 10.6. The van der Waals surface area contributed by atoms with Crippen LogP contribution in [0.1, 0.15) is 21.5 Å². The Morgan fingerprint density at radius 1 is 0.968 bits per heavy atom. The molecular formula is C25H21NO5. The molecule has 6 heteroatoms. The second kappa shape index (κ2) is 9.17.